The van der Waals surface area contributed by atoms with Gasteiger partial charge < -0.3 is 9.72 Å². The normalized spacial score (nSPS) is 22.5. The van der Waals surface area contributed by atoms with Crippen LogP contribution in [0.3, 0.4) is 0 Å². The zero-order valence-corrected chi connectivity index (χ0v) is 16.9. The molecule has 0 amide bonds. The first-order chi connectivity index (χ1) is 12.3. The molecular weight excluding hydrogens is 350 g/mol. The Labute approximate surface area is 157 Å². The number of nitrogens with one attached hydrogen (secondary N) is 1. The fourth-order valence-corrected chi connectivity index (χ4v) is 5.03. The molecule has 0 unspecified atom stereocenters. The topological polar surface area (TPSA) is 75.3 Å². The van der Waals surface area contributed by atoms with Gasteiger partial charge >= 0.3 is 5.97 Å². The SMILES string of the molecule is CCOC(=O)c1sc2nc([C@H](C)N3C[C@@H](C)C[C@H](C)C3)[nH]c(=O)c2c1C. The van der Waals surface area contributed by atoms with Gasteiger partial charge in [0.25, 0.3) is 5.56 Å². The van der Waals surface area contributed by atoms with Gasteiger partial charge in [-0.3, -0.25) is 9.69 Å². The Hall–Kier alpha value is -1.73. The number of ether oxygens (including phenoxy) is 1. The predicted octanol–water partition coefficient (Wildman–Crippen LogP) is 3.51. The summed E-state index contributed by atoms with van der Waals surface area (Å²) in [5.74, 6) is 1.55. The van der Waals surface area contributed by atoms with Crippen LogP contribution in [0, 0.1) is 18.8 Å². The van der Waals surface area contributed by atoms with Crippen molar-refractivity contribution in [3.8, 4) is 0 Å². The molecule has 0 saturated carbocycles. The van der Waals surface area contributed by atoms with Crippen LogP contribution in [0.15, 0.2) is 4.79 Å². The Morgan fingerprint density at radius 3 is 2.65 bits per heavy atom. The molecule has 0 aromatic carbocycles. The molecule has 26 heavy (non-hydrogen) atoms. The minimum atomic E-state index is -0.388. The van der Waals surface area contributed by atoms with E-state index in [9.17, 15) is 9.59 Å². The molecule has 0 bridgehead atoms. The molecule has 3 heterocycles. The fraction of sp³-hybridized carbons (Fsp3) is 0.632. The van der Waals surface area contributed by atoms with E-state index in [1.165, 1.54) is 17.8 Å². The van der Waals surface area contributed by atoms with Gasteiger partial charge in [-0.1, -0.05) is 13.8 Å². The van der Waals surface area contributed by atoms with Gasteiger partial charge in [0.1, 0.15) is 15.5 Å². The average Bonchev–Trinajstić information content (AvgIpc) is 2.90. The Bertz CT molecular complexity index is 863. The molecule has 7 heteroatoms. The first-order valence-electron chi connectivity index (χ1n) is 9.26. The van der Waals surface area contributed by atoms with Crippen molar-refractivity contribution in [3.05, 3.63) is 26.6 Å². The van der Waals surface area contributed by atoms with Crippen LogP contribution < -0.4 is 5.56 Å². The molecule has 1 fully saturated rings. The lowest BCUT2D eigenvalue weighted by molar-refractivity contribution is 0.0531. The van der Waals surface area contributed by atoms with E-state index in [4.69, 9.17) is 9.72 Å². The maximum absolute atomic E-state index is 12.7. The number of hydrogen-bond donors (Lipinski definition) is 1. The summed E-state index contributed by atoms with van der Waals surface area (Å²) in [7, 11) is 0. The number of fused-ring (bicyclic) bond motifs is 1. The van der Waals surface area contributed by atoms with E-state index in [1.807, 2.05) is 0 Å². The van der Waals surface area contributed by atoms with E-state index in [1.54, 1.807) is 13.8 Å². The third-order valence-corrected chi connectivity index (χ3v) is 6.29. The highest BCUT2D eigenvalue weighted by atomic mass is 32.1. The van der Waals surface area contributed by atoms with Crippen molar-refractivity contribution in [2.75, 3.05) is 19.7 Å². The number of aromatic amines is 1. The second-order valence-corrected chi connectivity index (χ2v) is 8.48. The zero-order chi connectivity index (χ0) is 19.0. The van der Waals surface area contributed by atoms with Crippen LogP contribution in [-0.2, 0) is 4.74 Å². The first-order valence-corrected chi connectivity index (χ1v) is 10.1. The zero-order valence-electron chi connectivity index (χ0n) is 16.1. The van der Waals surface area contributed by atoms with Gasteiger partial charge in [0.2, 0.25) is 0 Å². The van der Waals surface area contributed by atoms with Gasteiger partial charge in [0.15, 0.2) is 0 Å². The number of esters is 1. The van der Waals surface area contributed by atoms with Crippen molar-refractivity contribution in [2.45, 2.75) is 47.1 Å². The first kappa shape index (κ1) is 19.0. The van der Waals surface area contributed by atoms with Crippen LogP contribution in [-0.4, -0.2) is 40.5 Å². The number of thiophene rings is 1. The van der Waals surface area contributed by atoms with E-state index in [2.05, 4.69) is 30.7 Å². The third-order valence-electron chi connectivity index (χ3n) is 5.12. The summed E-state index contributed by atoms with van der Waals surface area (Å²) in [6.07, 6.45) is 1.24. The molecule has 1 saturated heterocycles. The highest BCUT2D eigenvalue weighted by Crippen LogP contribution is 2.31. The Morgan fingerprint density at radius 1 is 1.38 bits per heavy atom. The number of aromatic nitrogens is 2. The Kier molecular flexibility index (Phi) is 5.48. The molecule has 2 aromatic rings. The summed E-state index contributed by atoms with van der Waals surface area (Å²) in [4.78, 5) is 35.9. The summed E-state index contributed by atoms with van der Waals surface area (Å²) >= 11 is 1.24. The maximum Gasteiger partial charge on any atom is 0.348 e. The van der Waals surface area contributed by atoms with Crippen molar-refractivity contribution in [1.29, 1.82) is 0 Å². The maximum atomic E-state index is 12.7. The number of carbonyl (C=O) groups excluding carboxylic acids is 1. The number of piperidine rings is 1. The van der Waals surface area contributed by atoms with Gasteiger partial charge in [0.05, 0.1) is 18.0 Å². The number of rotatable bonds is 4. The average molecular weight is 378 g/mol. The van der Waals surface area contributed by atoms with Gasteiger partial charge in [-0.05, 0) is 44.6 Å². The number of aryl methyl sites for hydroxylation is 1. The van der Waals surface area contributed by atoms with E-state index in [-0.39, 0.29) is 17.6 Å². The summed E-state index contributed by atoms with van der Waals surface area (Å²) in [6.45, 7) is 12.5. The molecule has 142 valence electrons. The number of likely N-dealkylation sites (tertiary alicyclic amines) is 1. The van der Waals surface area contributed by atoms with Crippen molar-refractivity contribution < 1.29 is 9.53 Å². The van der Waals surface area contributed by atoms with Crippen molar-refractivity contribution >= 4 is 27.5 Å². The summed E-state index contributed by atoms with van der Waals surface area (Å²) in [5.41, 5.74) is 0.468. The van der Waals surface area contributed by atoms with Crippen molar-refractivity contribution in [1.82, 2.24) is 14.9 Å². The molecule has 1 N–H and O–H groups in total. The lowest BCUT2D eigenvalue weighted by Gasteiger charge is -2.38. The van der Waals surface area contributed by atoms with Crippen molar-refractivity contribution in [2.24, 2.45) is 11.8 Å². The number of nitrogens with zero attached hydrogens (tertiary/aromatic N) is 2. The Balaban J connectivity index is 1.98. The predicted molar refractivity (Wildman–Crippen MR) is 104 cm³/mol. The lowest BCUT2D eigenvalue weighted by Crippen LogP contribution is -2.41. The molecule has 3 rings (SSSR count). The molecule has 2 aromatic heterocycles. The fourth-order valence-electron chi connectivity index (χ4n) is 3.95. The van der Waals surface area contributed by atoms with E-state index in [0.29, 0.717) is 44.9 Å². The monoisotopic (exact) mass is 377 g/mol. The largest absolute Gasteiger partial charge is 0.462 e. The van der Waals surface area contributed by atoms with Gasteiger partial charge in [0, 0.05) is 13.1 Å². The second kappa shape index (κ2) is 7.48. The molecular formula is C19H27N3O3S. The molecule has 1 aliphatic heterocycles. The van der Waals surface area contributed by atoms with Gasteiger partial charge in [-0.25, -0.2) is 9.78 Å². The van der Waals surface area contributed by atoms with Crippen LogP contribution in [0.5, 0.6) is 0 Å². The molecule has 0 aliphatic carbocycles. The van der Waals surface area contributed by atoms with E-state index >= 15 is 0 Å². The minimum absolute atomic E-state index is 0.0331. The summed E-state index contributed by atoms with van der Waals surface area (Å²) < 4.78 is 5.10. The smallest absolute Gasteiger partial charge is 0.348 e. The van der Waals surface area contributed by atoms with E-state index < -0.39 is 0 Å². The number of carbonyl (C=O) groups is 1. The van der Waals surface area contributed by atoms with Crippen LogP contribution >= 0.6 is 11.3 Å². The minimum Gasteiger partial charge on any atom is -0.462 e. The molecule has 6 nitrogen and oxygen atoms in total. The third kappa shape index (κ3) is 3.55. The lowest BCUT2D eigenvalue weighted by atomic mass is 9.91. The molecule has 0 radical (unpaired) electrons. The number of H-pyrrole nitrogens is 1. The molecule has 3 atom stereocenters. The summed E-state index contributed by atoms with van der Waals surface area (Å²) in [6, 6.07) is 0.0331. The summed E-state index contributed by atoms with van der Waals surface area (Å²) in [5, 5.41) is 0.495. The van der Waals surface area contributed by atoms with Crippen molar-refractivity contribution in [3.63, 3.8) is 0 Å². The second-order valence-electron chi connectivity index (χ2n) is 7.48. The highest BCUT2D eigenvalue weighted by molar-refractivity contribution is 7.20. The molecule has 1 aliphatic rings. The van der Waals surface area contributed by atoms with Crippen LogP contribution in [0.2, 0.25) is 0 Å². The van der Waals surface area contributed by atoms with E-state index in [0.717, 1.165) is 13.1 Å². The van der Waals surface area contributed by atoms with Gasteiger partial charge in [-0.15, -0.1) is 11.3 Å². The van der Waals surface area contributed by atoms with Crippen LogP contribution in [0.4, 0.5) is 0 Å². The Morgan fingerprint density at radius 2 is 2.04 bits per heavy atom. The molecule has 0 spiro atoms. The highest BCUT2D eigenvalue weighted by Gasteiger charge is 2.28. The quantitative estimate of drug-likeness (QED) is 0.825. The van der Waals surface area contributed by atoms with Gasteiger partial charge in [-0.2, -0.15) is 0 Å². The number of hydrogen-bond acceptors (Lipinski definition) is 6. The van der Waals surface area contributed by atoms with Crippen LogP contribution in [0.1, 0.15) is 61.2 Å². The standard InChI is InChI=1S/C19H27N3O3S/c1-6-25-19(24)15-12(4)14-17(23)20-16(21-18(14)26-15)13(5)22-8-10(2)7-11(3)9-22/h10-11,13H,6-9H2,1-5H3,(H,20,21,23)/t10-,11-,13-/m0/s1. The van der Waals surface area contributed by atoms with Crippen LogP contribution in [0.25, 0.3) is 10.2 Å².